The van der Waals surface area contributed by atoms with E-state index in [4.69, 9.17) is 28.4 Å². The Morgan fingerprint density at radius 3 is 1.11 bits per heavy atom. The normalized spacial score (nSPS) is 11.3. The minimum Gasteiger partial charge on any atom is -0.379 e. The fraction of sp³-hybridized carbons (Fsp3) is 1.00. The third-order valence-electron chi connectivity index (χ3n) is 3.67. The lowest BCUT2D eigenvalue weighted by molar-refractivity contribution is -0.0169. The molecule has 0 heterocycles. The number of rotatable bonds is 24. The van der Waals surface area contributed by atoms with Gasteiger partial charge in [0, 0.05) is 13.2 Å². The van der Waals surface area contributed by atoms with Gasteiger partial charge in [-0.2, -0.15) is 0 Å². The summed E-state index contributed by atoms with van der Waals surface area (Å²) in [4.78, 5) is 0. The first kappa shape index (κ1) is 27.5. The Morgan fingerprint density at radius 1 is 0.407 bits per heavy atom. The van der Waals surface area contributed by atoms with Crippen LogP contribution in [0.1, 0.15) is 45.4 Å². The number of unbranched alkanes of at least 4 members (excludes halogenated alkanes) is 4. The Hall–Kier alpha value is 0.490. The molecule has 0 aliphatic heterocycles. The summed E-state index contributed by atoms with van der Waals surface area (Å²) in [6.45, 7) is 9.93. The molecule has 0 N–H and O–H groups in total. The third-order valence-corrected chi connectivity index (χ3v) is 4.44. The summed E-state index contributed by atoms with van der Waals surface area (Å²) in [5, 5.41) is 0. The minimum atomic E-state index is 0.580. The van der Waals surface area contributed by atoms with E-state index in [0.29, 0.717) is 66.1 Å². The van der Waals surface area contributed by atoms with Gasteiger partial charge in [-0.3, -0.25) is 0 Å². The van der Waals surface area contributed by atoms with E-state index in [9.17, 15) is 0 Å². The molecule has 0 aromatic carbocycles. The van der Waals surface area contributed by atoms with Crippen LogP contribution in [0.2, 0.25) is 0 Å². The van der Waals surface area contributed by atoms with Crippen molar-refractivity contribution in [2.45, 2.75) is 45.4 Å². The zero-order valence-electron chi connectivity index (χ0n) is 17.3. The molecule has 0 aromatic heterocycles. The number of alkyl halides is 1. The van der Waals surface area contributed by atoms with E-state index >= 15 is 0 Å². The van der Waals surface area contributed by atoms with Crippen molar-refractivity contribution >= 4 is 22.6 Å². The molecule has 0 amide bonds. The van der Waals surface area contributed by atoms with Crippen molar-refractivity contribution in [3.8, 4) is 0 Å². The van der Waals surface area contributed by atoms with Gasteiger partial charge in [-0.15, -0.1) is 0 Å². The van der Waals surface area contributed by atoms with Crippen LogP contribution in [0.3, 0.4) is 0 Å². The summed E-state index contributed by atoms with van der Waals surface area (Å²) in [7, 11) is 0. The fourth-order valence-electron chi connectivity index (χ4n) is 2.10. The maximum Gasteiger partial charge on any atom is 0.0701 e. The number of hydrogen-bond donors (Lipinski definition) is 0. The van der Waals surface area contributed by atoms with E-state index in [1.807, 2.05) is 0 Å². The van der Waals surface area contributed by atoms with E-state index in [-0.39, 0.29) is 0 Å². The Morgan fingerprint density at radius 2 is 0.741 bits per heavy atom. The van der Waals surface area contributed by atoms with Gasteiger partial charge < -0.3 is 28.4 Å². The summed E-state index contributed by atoms with van der Waals surface area (Å²) in [6.07, 6.45) is 7.32. The SMILES string of the molecule is CCCCOCCOCCOCCOCCOCCOCCCCCCI. The van der Waals surface area contributed by atoms with Crippen molar-refractivity contribution in [1.29, 1.82) is 0 Å². The van der Waals surface area contributed by atoms with Gasteiger partial charge in [0.05, 0.1) is 66.1 Å². The molecule has 0 spiro atoms. The Bertz CT molecular complexity index is 235. The molecule has 7 heteroatoms. The smallest absolute Gasteiger partial charge is 0.0701 e. The molecule has 0 saturated carbocycles. The molecule has 0 bridgehead atoms. The summed E-state index contributed by atoms with van der Waals surface area (Å²) in [6, 6.07) is 0. The second-order valence-corrected chi connectivity index (χ2v) is 7.21. The maximum absolute atomic E-state index is 5.53. The fourth-order valence-corrected chi connectivity index (χ4v) is 2.64. The van der Waals surface area contributed by atoms with Crippen molar-refractivity contribution in [3.63, 3.8) is 0 Å². The topological polar surface area (TPSA) is 55.4 Å². The number of ether oxygens (including phenoxy) is 6. The number of hydrogen-bond acceptors (Lipinski definition) is 6. The molecule has 0 aliphatic rings. The van der Waals surface area contributed by atoms with Crippen LogP contribution in [-0.2, 0) is 28.4 Å². The van der Waals surface area contributed by atoms with Crippen molar-refractivity contribution < 1.29 is 28.4 Å². The van der Waals surface area contributed by atoms with Gasteiger partial charge in [0.25, 0.3) is 0 Å². The van der Waals surface area contributed by atoms with Crippen molar-refractivity contribution in [1.82, 2.24) is 0 Å². The molecule has 0 saturated heterocycles. The van der Waals surface area contributed by atoms with Crippen LogP contribution in [0.15, 0.2) is 0 Å². The molecule has 0 aromatic rings. The van der Waals surface area contributed by atoms with Crippen LogP contribution in [0.4, 0.5) is 0 Å². The van der Waals surface area contributed by atoms with Crippen LogP contribution in [0, 0.1) is 0 Å². The van der Waals surface area contributed by atoms with E-state index in [1.54, 1.807) is 0 Å². The monoisotopic (exact) mass is 504 g/mol. The van der Waals surface area contributed by atoms with Crippen molar-refractivity contribution in [2.75, 3.05) is 83.7 Å². The largest absolute Gasteiger partial charge is 0.379 e. The van der Waals surface area contributed by atoms with Crippen LogP contribution in [0.5, 0.6) is 0 Å². The highest BCUT2D eigenvalue weighted by molar-refractivity contribution is 14.1. The van der Waals surface area contributed by atoms with Gasteiger partial charge in [-0.25, -0.2) is 0 Å². The highest BCUT2D eigenvalue weighted by Gasteiger charge is 1.94. The molecule has 6 nitrogen and oxygen atoms in total. The first-order valence-corrected chi connectivity index (χ1v) is 12.0. The molecular weight excluding hydrogens is 463 g/mol. The first-order chi connectivity index (χ1) is 13.4. The van der Waals surface area contributed by atoms with Gasteiger partial charge in [-0.05, 0) is 23.7 Å². The molecule has 0 aliphatic carbocycles. The molecule has 0 fully saturated rings. The molecule has 0 rings (SSSR count). The van der Waals surface area contributed by atoms with E-state index < -0.39 is 0 Å². The van der Waals surface area contributed by atoms with Crippen LogP contribution >= 0.6 is 22.6 Å². The lowest BCUT2D eigenvalue weighted by Gasteiger charge is -2.08. The van der Waals surface area contributed by atoms with Gasteiger partial charge in [-0.1, -0.05) is 48.8 Å². The van der Waals surface area contributed by atoms with Crippen molar-refractivity contribution in [3.05, 3.63) is 0 Å². The third kappa shape index (κ3) is 26.5. The van der Waals surface area contributed by atoms with Gasteiger partial charge >= 0.3 is 0 Å². The lowest BCUT2D eigenvalue weighted by atomic mass is 10.2. The second kappa shape index (κ2) is 26.5. The Kier molecular flexibility index (Phi) is 27.0. The highest BCUT2D eigenvalue weighted by Crippen LogP contribution is 2.02. The quantitative estimate of drug-likeness (QED) is 0.113. The Labute approximate surface area is 180 Å². The van der Waals surface area contributed by atoms with E-state index in [2.05, 4.69) is 29.5 Å². The summed E-state index contributed by atoms with van der Waals surface area (Å²) >= 11 is 2.42. The second-order valence-electron chi connectivity index (χ2n) is 6.13. The predicted molar refractivity (Wildman–Crippen MR) is 117 cm³/mol. The minimum absolute atomic E-state index is 0.580. The lowest BCUT2D eigenvalue weighted by Crippen LogP contribution is -2.14. The van der Waals surface area contributed by atoms with Crippen molar-refractivity contribution in [2.24, 2.45) is 0 Å². The van der Waals surface area contributed by atoms with Crippen LogP contribution in [0.25, 0.3) is 0 Å². The standard InChI is InChI=1S/C20H41IO6/c1-2-3-9-22-11-13-24-15-17-26-19-20-27-18-16-25-14-12-23-10-7-5-4-6-8-21/h2-20H2,1H3. The molecule has 0 radical (unpaired) electrons. The van der Waals surface area contributed by atoms with E-state index in [1.165, 1.54) is 23.7 Å². The summed E-state index contributed by atoms with van der Waals surface area (Å²) < 4.78 is 33.9. The van der Waals surface area contributed by atoms with Gasteiger partial charge in [0.15, 0.2) is 0 Å². The Balaban J connectivity index is 2.95. The first-order valence-electron chi connectivity index (χ1n) is 10.4. The summed E-state index contributed by atoms with van der Waals surface area (Å²) in [5.41, 5.74) is 0. The zero-order valence-corrected chi connectivity index (χ0v) is 19.4. The van der Waals surface area contributed by atoms with Gasteiger partial charge in [0.1, 0.15) is 0 Å². The molecular formula is C20H41IO6. The summed E-state index contributed by atoms with van der Waals surface area (Å²) in [5.74, 6) is 0. The average Bonchev–Trinajstić information content (AvgIpc) is 2.68. The van der Waals surface area contributed by atoms with Crippen LogP contribution in [-0.4, -0.2) is 83.7 Å². The van der Waals surface area contributed by atoms with E-state index in [0.717, 1.165) is 32.5 Å². The highest BCUT2D eigenvalue weighted by atomic mass is 127. The molecule has 27 heavy (non-hydrogen) atoms. The maximum atomic E-state index is 5.53. The molecule has 164 valence electrons. The predicted octanol–water partition coefficient (Wildman–Crippen LogP) is 3.88. The average molecular weight is 504 g/mol. The van der Waals surface area contributed by atoms with Gasteiger partial charge in [0.2, 0.25) is 0 Å². The molecule has 0 unspecified atom stereocenters. The molecule has 0 atom stereocenters. The zero-order chi connectivity index (χ0) is 19.7. The number of halogens is 1. The van der Waals surface area contributed by atoms with Crippen LogP contribution < -0.4 is 0 Å².